The monoisotopic (exact) mass is 541 g/mol. The molecule has 6 aliphatic rings. The van der Waals surface area contributed by atoms with Crippen molar-refractivity contribution in [3.63, 3.8) is 0 Å². The van der Waals surface area contributed by atoms with Crippen LogP contribution < -0.4 is 0 Å². The minimum absolute atomic E-state index is 0.0694. The van der Waals surface area contributed by atoms with Gasteiger partial charge in [0.15, 0.2) is 0 Å². The van der Waals surface area contributed by atoms with Crippen LogP contribution in [0.25, 0.3) is 0 Å². The van der Waals surface area contributed by atoms with Gasteiger partial charge in [-0.3, -0.25) is 0 Å². The van der Waals surface area contributed by atoms with Gasteiger partial charge in [0.2, 0.25) is 0 Å². The van der Waals surface area contributed by atoms with E-state index in [1.165, 1.54) is 0 Å². The maximum atomic E-state index is 13.4. The molecule has 214 valence electrons. The van der Waals surface area contributed by atoms with Crippen molar-refractivity contribution in [2.75, 3.05) is 13.6 Å². The highest BCUT2D eigenvalue weighted by molar-refractivity contribution is 5.89. The van der Waals surface area contributed by atoms with Crippen LogP contribution in [0, 0.1) is 34.0 Å². The highest BCUT2D eigenvalue weighted by atomic mass is 16.6. The maximum Gasteiger partial charge on any atom is 0.333 e. The molecule has 0 aromatic heterocycles. The number of carbonyl (C=O) groups is 2. The van der Waals surface area contributed by atoms with E-state index in [2.05, 4.69) is 18.5 Å². The van der Waals surface area contributed by atoms with Crippen molar-refractivity contribution in [1.82, 2.24) is 4.90 Å². The number of esters is 2. The minimum Gasteiger partial charge on any atom is -0.455 e. The molecular weight excluding hydrogens is 498 g/mol. The fourth-order valence-electron chi connectivity index (χ4n) is 11.1. The number of likely N-dealkylation sites (tertiary alicyclic amines) is 1. The van der Waals surface area contributed by atoms with Crippen molar-refractivity contribution in [1.29, 1.82) is 0 Å². The molecule has 1 aliphatic heterocycles. The first-order valence-corrected chi connectivity index (χ1v) is 14.4. The molecule has 12 atom stereocenters. The lowest BCUT2D eigenvalue weighted by Gasteiger charge is -2.72. The van der Waals surface area contributed by atoms with E-state index in [0.29, 0.717) is 43.4 Å². The van der Waals surface area contributed by atoms with E-state index in [9.17, 15) is 24.9 Å². The summed E-state index contributed by atoms with van der Waals surface area (Å²) in [5.41, 5.74) is -1.88. The molecule has 5 saturated carbocycles. The summed E-state index contributed by atoms with van der Waals surface area (Å²) in [6.45, 7) is 13.9. The average Bonchev–Trinajstić information content (AvgIpc) is 3.14. The van der Waals surface area contributed by atoms with Crippen molar-refractivity contribution in [2.45, 2.75) is 96.4 Å². The van der Waals surface area contributed by atoms with Crippen LogP contribution in [-0.4, -0.2) is 81.8 Å². The SMILES string of the molecule is C=C1C[C@]23C[C@H](O)[C@]4(O)[C@@]5(C)C[C@H](O)C[C@]46[C@H]([C@@H]2[C@H]1[C@@H](OC(=O)/C(C)=C/C)[C@@H](OC(=O)/C(C)=C/C)[C@H]36)N(C)C5. The molecular formula is C31H43NO7. The normalized spacial score (nSPS) is 52.1. The number of ether oxygens (including phenoxy) is 2. The fraction of sp³-hybridized carbons (Fsp3) is 0.742. The average molecular weight is 542 g/mol. The van der Waals surface area contributed by atoms with Gasteiger partial charge in [-0.05, 0) is 71.8 Å². The van der Waals surface area contributed by atoms with E-state index in [0.717, 1.165) is 5.57 Å². The predicted molar refractivity (Wildman–Crippen MR) is 143 cm³/mol. The van der Waals surface area contributed by atoms with Crippen molar-refractivity contribution >= 4 is 11.9 Å². The van der Waals surface area contributed by atoms with Crippen LogP contribution in [0.1, 0.15) is 60.3 Å². The highest BCUT2D eigenvalue weighted by Gasteiger charge is 2.90. The molecule has 0 unspecified atom stereocenters. The fourth-order valence-corrected chi connectivity index (χ4v) is 11.1. The molecule has 1 heterocycles. The summed E-state index contributed by atoms with van der Waals surface area (Å²) in [5.74, 6) is -1.76. The summed E-state index contributed by atoms with van der Waals surface area (Å²) in [7, 11) is 2.07. The van der Waals surface area contributed by atoms with E-state index >= 15 is 0 Å². The van der Waals surface area contributed by atoms with Gasteiger partial charge in [-0.2, -0.15) is 0 Å². The maximum absolute atomic E-state index is 13.4. The molecule has 2 spiro atoms. The molecule has 8 heteroatoms. The number of piperidine rings is 1. The van der Waals surface area contributed by atoms with Crippen molar-refractivity contribution in [3.8, 4) is 0 Å². The lowest BCUT2D eigenvalue weighted by atomic mass is 9.38. The van der Waals surface area contributed by atoms with Gasteiger partial charge in [0.25, 0.3) is 0 Å². The second-order valence-corrected chi connectivity index (χ2v) is 13.8. The summed E-state index contributed by atoms with van der Waals surface area (Å²) >= 11 is 0. The lowest BCUT2D eigenvalue weighted by Crippen LogP contribution is -2.82. The highest BCUT2D eigenvalue weighted by Crippen LogP contribution is 2.84. The Morgan fingerprint density at radius 3 is 2.21 bits per heavy atom. The first-order chi connectivity index (χ1) is 18.2. The van der Waals surface area contributed by atoms with Crippen molar-refractivity contribution in [3.05, 3.63) is 35.5 Å². The first kappa shape index (κ1) is 27.2. The number of carbonyl (C=O) groups excluding carboxylic acids is 2. The lowest BCUT2D eigenvalue weighted by molar-refractivity contribution is -0.342. The second-order valence-electron chi connectivity index (χ2n) is 13.8. The van der Waals surface area contributed by atoms with Crippen LogP contribution in [0.3, 0.4) is 0 Å². The Kier molecular flexibility index (Phi) is 5.77. The number of hydrogen-bond donors (Lipinski definition) is 3. The van der Waals surface area contributed by atoms with Gasteiger partial charge >= 0.3 is 11.9 Å². The third-order valence-electron chi connectivity index (χ3n) is 12.1. The van der Waals surface area contributed by atoms with E-state index in [-0.39, 0.29) is 17.9 Å². The van der Waals surface area contributed by atoms with E-state index in [1.807, 2.05) is 6.92 Å². The van der Waals surface area contributed by atoms with Crippen LogP contribution in [0.15, 0.2) is 35.5 Å². The van der Waals surface area contributed by atoms with E-state index in [4.69, 9.17) is 9.47 Å². The van der Waals surface area contributed by atoms with Gasteiger partial charge in [-0.1, -0.05) is 31.2 Å². The topological polar surface area (TPSA) is 117 Å². The summed E-state index contributed by atoms with van der Waals surface area (Å²) in [6, 6.07) is -0.201. The molecule has 6 bridgehead atoms. The van der Waals surface area contributed by atoms with Gasteiger partial charge in [-0.15, -0.1) is 0 Å². The molecule has 0 radical (unpaired) electrons. The summed E-state index contributed by atoms with van der Waals surface area (Å²) in [5, 5.41) is 36.1. The Morgan fingerprint density at radius 2 is 1.62 bits per heavy atom. The molecule has 0 aromatic rings. The first-order valence-electron chi connectivity index (χ1n) is 14.4. The smallest absolute Gasteiger partial charge is 0.333 e. The summed E-state index contributed by atoms with van der Waals surface area (Å²) in [4.78, 5) is 28.9. The molecule has 1 saturated heterocycles. The third kappa shape index (κ3) is 2.94. The van der Waals surface area contributed by atoms with Gasteiger partial charge in [0.1, 0.15) is 17.8 Å². The zero-order valence-electron chi connectivity index (χ0n) is 23.9. The molecule has 6 fully saturated rings. The number of hydrogen-bond acceptors (Lipinski definition) is 8. The molecule has 6 rings (SSSR count). The van der Waals surface area contributed by atoms with Crippen LogP contribution in [0.5, 0.6) is 0 Å². The number of nitrogens with zero attached hydrogens (tertiary/aromatic N) is 1. The van der Waals surface area contributed by atoms with Crippen LogP contribution in [-0.2, 0) is 19.1 Å². The Morgan fingerprint density at radius 1 is 1.03 bits per heavy atom. The molecule has 0 aromatic carbocycles. The second kappa shape index (κ2) is 8.28. The minimum atomic E-state index is -1.50. The Balaban J connectivity index is 1.61. The van der Waals surface area contributed by atoms with Gasteiger partial charge in [0, 0.05) is 46.4 Å². The number of aliphatic hydroxyl groups excluding tert-OH is 2. The molecule has 8 nitrogen and oxygen atoms in total. The van der Waals surface area contributed by atoms with Crippen molar-refractivity contribution < 1.29 is 34.4 Å². The number of allylic oxidation sites excluding steroid dienone is 2. The molecule has 0 amide bonds. The molecule has 39 heavy (non-hydrogen) atoms. The zero-order valence-corrected chi connectivity index (χ0v) is 23.9. The van der Waals surface area contributed by atoms with E-state index < -0.39 is 64.1 Å². The van der Waals surface area contributed by atoms with Gasteiger partial charge < -0.3 is 29.7 Å². The Hall–Kier alpha value is -2.00. The largest absolute Gasteiger partial charge is 0.455 e. The zero-order chi connectivity index (χ0) is 28.4. The quantitative estimate of drug-likeness (QED) is 0.283. The van der Waals surface area contributed by atoms with Crippen LogP contribution in [0.4, 0.5) is 0 Å². The van der Waals surface area contributed by atoms with Crippen molar-refractivity contribution in [2.24, 2.45) is 34.0 Å². The van der Waals surface area contributed by atoms with Gasteiger partial charge in [-0.25, -0.2) is 9.59 Å². The standard InChI is InChI=1S/C31H43NO7/c1-8-15(3)26(35)38-22-20-17(5)10-29-13-19(34)31(37)28(6)11-18(33)12-30(31,25(21(20)29)32(7)14-28)24(29)23(22)39-27(36)16(4)9-2/h8-9,18-25,33-34,37H,5,10-14H2,1-4,6-7H3/b15-8+,16-9+/t18-,19-,20-,21-,22+,23+,24+,25-,28-,29-,30-,31-/m0/s1. The molecule has 5 aliphatic carbocycles. The summed E-state index contributed by atoms with van der Waals surface area (Å²) in [6.07, 6.45) is 1.73. The van der Waals surface area contributed by atoms with E-state index in [1.54, 1.807) is 39.8 Å². The van der Waals surface area contributed by atoms with Crippen LogP contribution >= 0.6 is 0 Å². The number of aliphatic hydroxyl groups is 3. The number of rotatable bonds is 4. The summed E-state index contributed by atoms with van der Waals surface area (Å²) < 4.78 is 12.6. The van der Waals surface area contributed by atoms with Crippen LogP contribution in [0.2, 0.25) is 0 Å². The Bertz CT molecular complexity index is 1210. The Labute approximate surface area is 230 Å². The third-order valence-corrected chi connectivity index (χ3v) is 12.1. The molecule has 3 N–H and O–H groups in total. The predicted octanol–water partition coefficient (Wildman–Crippen LogP) is 2.52. The van der Waals surface area contributed by atoms with Gasteiger partial charge in [0.05, 0.1) is 12.2 Å².